The van der Waals surface area contributed by atoms with Crippen molar-refractivity contribution < 1.29 is 17.9 Å². The van der Waals surface area contributed by atoms with Gasteiger partial charge in [0.25, 0.3) is 0 Å². The molecule has 0 atom stereocenters. The summed E-state index contributed by atoms with van der Waals surface area (Å²) in [6.07, 6.45) is 0.143. The molecule has 1 saturated heterocycles. The Balaban J connectivity index is 1.88. The number of benzene rings is 1. The third-order valence-corrected chi connectivity index (χ3v) is 5.59. The van der Waals surface area contributed by atoms with Crippen molar-refractivity contribution in [3.05, 3.63) is 28.7 Å². The van der Waals surface area contributed by atoms with Crippen LogP contribution in [-0.4, -0.2) is 52.1 Å². The van der Waals surface area contributed by atoms with Crippen LogP contribution >= 0.6 is 15.9 Å². The Morgan fingerprint density at radius 3 is 2.62 bits per heavy atom. The van der Waals surface area contributed by atoms with E-state index < -0.39 is 10.0 Å². The van der Waals surface area contributed by atoms with Crippen molar-refractivity contribution in [3.63, 3.8) is 0 Å². The number of morpholine rings is 1. The standard InChI is InChI=1S/C13H17BrN2O4S/c14-11-3-1-2-4-12(11)21(18,19)15-6-5-13(17)16-7-9-20-10-8-16/h1-4,15H,5-10H2. The molecule has 1 aliphatic heterocycles. The minimum Gasteiger partial charge on any atom is -0.378 e. The molecule has 0 aliphatic carbocycles. The minimum atomic E-state index is -3.61. The van der Waals surface area contributed by atoms with Crippen LogP contribution in [0.4, 0.5) is 0 Å². The number of nitrogens with zero attached hydrogens (tertiary/aromatic N) is 1. The van der Waals surface area contributed by atoms with Gasteiger partial charge in [0.05, 0.1) is 18.1 Å². The van der Waals surface area contributed by atoms with E-state index in [1.807, 2.05) is 0 Å². The molecule has 1 aromatic rings. The van der Waals surface area contributed by atoms with Gasteiger partial charge in [-0.3, -0.25) is 4.79 Å². The van der Waals surface area contributed by atoms with Gasteiger partial charge in [0, 0.05) is 30.5 Å². The number of hydrogen-bond acceptors (Lipinski definition) is 4. The Morgan fingerprint density at radius 2 is 1.95 bits per heavy atom. The van der Waals surface area contributed by atoms with Gasteiger partial charge in [-0.25, -0.2) is 13.1 Å². The van der Waals surface area contributed by atoms with Crippen molar-refractivity contribution in [3.8, 4) is 0 Å². The summed E-state index contributed by atoms with van der Waals surface area (Å²) in [5.74, 6) is -0.0619. The Labute approximate surface area is 132 Å². The van der Waals surface area contributed by atoms with Crippen LogP contribution < -0.4 is 4.72 Å². The number of rotatable bonds is 5. The first-order valence-corrected chi connectivity index (χ1v) is 8.88. The van der Waals surface area contributed by atoms with Crippen LogP contribution in [0.5, 0.6) is 0 Å². The zero-order valence-corrected chi connectivity index (χ0v) is 13.8. The van der Waals surface area contributed by atoms with Gasteiger partial charge in [-0.1, -0.05) is 12.1 Å². The van der Waals surface area contributed by atoms with Crippen LogP contribution in [0.15, 0.2) is 33.6 Å². The third kappa shape index (κ3) is 4.50. The van der Waals surface area contributed by atoms with Crippen molar-refractivity contribution >= 4 is 31.9 Å². The van der Waals surface area contributed by atoms with E-state index in [2.05, 4.69) is 20.7 Å². The highest BCUT2D eigenvalue weighted by atomic mass is 79.9. The van der Waals surface area contributed by atoms with Gasteiger partial charge >= 0.3 is 0 Å². The van der Waals surface area contributed by atoms with Crippen molar-refractivity contribution in [1.82, 2.24) is 9.62 Å². The fraction of sp³-hybridized carbons (Fsp3) is 0.462. The predicted octanol–water partition coefficient (Wildman–Crippen LogP) is 0.976. The van der Waals surface area contributed by atoms with Crippen molar-refractivity contribution in [1.29, 1.82) is 0 Å². The zero-order chi connectivity index (χ0) is 15.3. The topological polar surface area (TPSA) is 75.7 Å². The molecule has 1 aromatic carbocycles. The smallest absolute Gasteiger partial charge is 0.241 e. The van der Waals surface area contributed by atoms with E-state index in [9.17, 15) is 13.2 Å². The molecule has 1 amide bonds. The van der Waals surface area contributed by atoms with Gasteiger partial charge in [0.2, 0.25) is 15.9 Å². The molecule has 1 aliphatic rings. The number of ether oxygens (including phenoxy) is 1. The molecule has 6 nitrogen and oxygen atoms in total. The van der Waals surface area contributed by atoms with E-state index in [0.717, 1.165) is 0 Å². The molecule has 0 aromatic heterocycles. The van der Waals surface area contributed by atoms with Crippen molar-refractivity contribution in [2.24, 2.45) is 0 Å². The van der Waals surface area contributed by atoms with Gasteiger partial charge in [0.15, 0.2) is 0 Å². The van der Waals surface area contributed by atoms with E-state index in [4.69, 9.17) is 4.74 Å². The van der Waals surface area contributed by atoms with Gasteiger partial charge in [-0.05, 0) is 28.1 Å². The SMILES string of the molecule is O=C(CCNS(=O)(=O)c1ccccc1Br)N1CCOCC1. The number of halogens is 1. The molecule has 116 valence electrons. The molecular formula is C13H17BrN2O4S. The maximum Gasteiger partial charge on any atom is 0.241 e. The highest BCUT2D eigenvalue weighted by Gasteiger charge is 2.19. The first-order valence-electron chi connectivity index (χ1n) is 6.60. The summed E-state index contributed by atoms with van der Waals surface area (Å²) < 4.78 is 32.4. The summed E-state index contributed by atoms with van der Waals surface area (Å²) in [6.45, 7) is 2.29. The first-order chi connectivity index (χ1) is 10.0. The highest BCUT2D eigenvalue weighted by molar-refractivity contribution is 9.10. The average molecular weight is 377 g/mol. The van der Waals surface area contributed by atoms with Gasteiger partial charge in [-0.15, -0.1) is 0 Å². The lowest BCUT2D eigenvalue weighted by Crippen LogP contribution is -2.42. The third-order valence-electron chi connectivity index (χ3n) is 3.12. The normalized spacial score (nSPS) is 16.0. The van der Waals surface area contributed by atoms with Crippen molar-refractivity contribution in [2.75, 3.05) is 32.8 Å². The summed E-state index contributed by atoms with van der Waals surface area (Å²) in [5.41, 5.74) is 0. The summed E-state index contributed by atoms with van der Waals surface area (Å²) in [6, 6.07) is 6.56. The number of nitrogens with one attached hydrogen (secondary N) is 1. The summed E-state index contributed by atoms with van der Waals surface area (Å²) >= 11 is 3.21. The van der Waals surface area contributed by atoms with Crippen LogP contribution in [0, 0.1) is 0 Å². The fourth-order valence-corrected chi connectivity index (χ4v) is 4.04. The number of amides is 1. The van der Waals surface area contributed by atoms with E-state index in [1.165, 1.54) is 6.07 Å². The highest BCUT2D eigenvalue weighted by Crippen LogP contribution is 2.20. The van der Waals surface area contributed by atoms with E-state index >= 15 is 0 Å². The van der Waals surface area contributed by atoms with Gasteiger partial charge in [0.1, 0.15) is 0 Å². The number of sulfonamides is 1. The monoisotopic (exact) mass is 376 g/mol. The molecule has 8 heteroatoms. The first kappa shape index (κ1) is 16.4. The van der Waals surface area contributed by atoms with Crippen LogP contribution in [0.3, 0.4) is 0 Å². The molecule has 0 bridgehead atoms. The molecule has 0 saturated carbocycles. The Kier molecular flexibility index (Phi) is 5.74. The second kappa shape index (κ2) is 7.35. The molecule has 1 fully saturated rings. The quantitative estimate of drug-likeness (QED) is 0.830. The Hall–Kier alpha value is -0.960. The second-order valence-electron chi connectivity index (χ2n) is 4.57. The minimum absolute atomic E-state index is 0.0619. The molecule has 0 spiro atoms. The summed E-state index contributed by atoms with van der Waals surface area (Å²) in [4.78, 5) is 13.8. The largest absolute Gasteiger partial charge is 0.378 e. The number of carbonyl (C=O) groups is 1. The zero-order valence-electron chi connectivity index (χ0n) is 11.4. The fourth-order valence-electron chi connectivity index (χ4n) is 2.00. The molecule has 1 heterocycles. The summed E-state index contributed by atoms with van der Waals surface area (Å²) in [5, 5.41) is 0. The van der Waals surface area contributed by atoms with Crippen LogP contribution in [0.25, 0.3) is 0 Å². The van der Waals surface area contributed by atoms with E-state index in [0.29, 0.717) is 30.8 Å². The van der Waals surface area contributed by atoms with Crippen molar-refractivity contribution in [2.45, 2.75) is 11.3 Å². The molecule has 21 heavy (non-hydrogen) atoms. The molecule has 0 radical (unpaired) electrons. The van der Waals surface area contributed by atoms with Crippen LogP contribution in [0.1, 0.15) is 6.42 Å². The molecule has 1 N–H and O–H groups in total. The number of carbonyl (C=O) groups excluding carboxylic acids is 1. The van der Waals surface area contributed by atoms with E-state index in [-0.39, 0.29) is 23.8 Å². The lowest BCUT2D eigenvalue weighted by atomic mass is 10.3. The molecular weight excluding hydrogens is 360 g/mol. The van der Waals surface area contributed by atoms with Crippen LogP contribution in [-0.2, 0) is 19.6 Å². The lowest BCUT2D eigenvalue weighted by Gasteiger charge is -2.26. The average Bonchev–Trinajstić information content (AvgIpc) is 2.48. The molecule has 2 rings (SSSR count). The molecule has 0 unspecified atom stereocenters. The van der Waals surface area contributed by atoms with Crippen LogP contribution in [0.2, 0.25) is 0 Å². The summed E-state index contributed by atoms with van der Waals surface area (Å²) in [7, 11) is -3.61. The second-order valence-corrected chi connectivity index (χ2v) is 7.16. The van der Waals surface area contributed by atoms with E-state index in [1.54, 1.807) is 23.1 Å². The van der Waals surface area contributed by atoms with Gasteiger partial charge < -0.3 is 9.64 Å². The maximum absolute atomic E-state index is 12.1. The number of hydrogen-bond donors (Lipinski definition) is 1. The Morgan fingerprint density at radius 1 is 1.29 bits per heavy atom. The van der Waals surface area contributed by atoms with Gasteiger partial charge in [-0.2, -0.15) is 0 Å². The lowest BCUT2D eigenvalue weighted by molar-refractivity contribution is -0.135. The predicted molar refractivity (Wildman–Crippen MR) is 81.3 cm³/mol. The maximum atomic E-state index is 12.1. The Bertz CT molecular complexity index is 600.